The molecule has 0 amide bonds. The zero-order valence-corrected chi connectivity index (χ0v) is 13.7. The van der Waals surface area contributed by atoms with Crippen LogP contribution in [-0.4, -0.2) is 25.9 Å². The molecule has 0 radical (unpaired) electrons. The van der Waals surface area contributed by atoms with Crippen molar-refractivity contribution in [3.63, 3.8) is 0 Å². The van der Waals surface area contributed by atoms with E-state index in [2.05, 4.69) is 45.0 Å². The van der Waals surface area contributed by atoms with Gasteiger partial charge in [0.1, 0.15) is 11.9 Å². The SMILES string of the molecule is CC[C@H](c1nc(C)no1)n1ccnc1-c1ccccc1SC. The Morgan fingerprint density at radius 1 is 1.32 bits per heavy atom. The Labute approximate surface area is 133 Å². The van der Waals surface area contributed by atoms with Gasteiger partial charge in [-0.3, -0.25) is 0 Å². The van der Waals surface area contributed by atoms with Gasteiger partial charge in [0.05, 0.1) is 0 Å². The molecule has 0 bridgehead atoms. The van der Waals surface area contributed by atoms with Crippen molar-refractivity contribution in [1.29, 1.82) is 0 Å². The Morgan fingerprint density at radius 2 is 2.14 bits per heavy atom. The van der Waals surface area contributed by atoms with Crippen LogP contribution in [0.15, 0.2) is 46.1 Å². The summed E-state index contributed by atoms with van der Waals surface area (Å²) in [6, 6.07) is 8.27. The molecule has 3 rings (SSSR count). The molecule has 0 saturated carbocycles. The van der Waals surface area contributed by atoms with Gasteiger partial charge in [-0.25, -0.2) is 4.98 Å². The van der Waals surface area contributed by atoms with Crippen molar-refractivity contribution >= 4 is 11.8 Å². The Hall–Kier alpha value is -2.08. The largest absolute Gasteiger partial charge is 0.337 e. The minimum absolute atomic E-state index is 0.00591. The van der Waals surface area contributed by atoms with Crippen LogP contribution in [0.5, 0.6) is 0 Å². The lowest BCUT2D eigenvalue weighted by Gasteiger charge is -2.16. The lowest BCUT2D eigenvalue weighted by molar-refractivity contribution is 0.331. The molecule has 2 heterocycles. The number of hydrogen-bond acceptors (Lipinski definition) is 5. The Morgan fingerprint density at radius 3 is 2.82 bits per heavy atom. The number of benzene rings is 1. The lowest BCUT2D eigenvalue weighted by atomic mass is 10.1. The molecule has 0 aliphatic heterocycles. The van der Waals surface area contributed by atoms with E-state index >= 15 is 0 Å². The monoisotopic (exact) mass is 314 g/mol. The average Bonchev–Trinajstić information content (AvgIpc) is 3.18. The lowest BCUT2D eigenvalue weighted by Crippen LogP contribution is -2.11. The fourth-order valence-corrected chi connectivity index (χ4v) is 3.14. The molecule has 3 aromatic rings. The number of aromatic nitrogens is 4. The Bertz CT molecular complexity index is 765. The van der Waals surface area contributed by atoms with Gasteiger partial charge in [-0.15, -0.1) is 11.8 Å². The van der Waals surface area contributed by atoms with Gasteiger partial charge in [-0.05, 0) is 25.7 Å². The van der Waals surface area contributed by atoms with Gasteiger partial charge in [0.2, 0.25) is 5.89 Å². The number of rotatable bonds is 5. The summed E-state index contributed by atoms with van der Waals surface area (Å²) in [7, 11) is 0. The molecule has 2 aromatic heterocycles. The van der Waals surface area contributed by atoms with Gasteiger partial charge in [0.15, 0.2) is 5.82 Å². The van der Waals surface area contributed by atoms with Crippen LogP contribution in [0.2, 0.25) is 0 Å². The average molecular weight is 314 g/mol. The second kappa shape index (κ2) is 6.36. The fourth-order valence-electron chi connectivity index (χ4n) is 2.54. The summed E-state index contributed by atoms with van der Waals surface area (Å²) in [5.74, 6) is 2.20. The highest BCUT2D eigenvalue weighted by Gasteiger charge is 2.22. The Kier molecular flexibility index (Phi) is 4.29. The van der Waals surface area contributed by atoms with Crippen LogP contribution in [0.1, 0.15) is 31.1 Å². The molecule has 0 aliphatic carbocycles. The van der Waals surface area contributed by atoms with Crippen LogP contribution in [0, 0.1) is 6.92 Å². The molecule has 1 atom stereocenters. The maximum atomic E-state index is 5.37. The maximum absolute atomic E-state index is 5.37. The summed E-state index contributed by atoms with van der Waals surface area (Å²) in [4.78, 5) is 10.1. The third-order valence-electron chi connectivity index (χ3n) is 3.57. The summed E-state index contributed by atoms with van der Waals surface area (Å²) in [6.07, 6.45) is 6.72. The number of nitrogens with zero attached hydrogens (tertiary/aromatic N) is 4. The van der Waals surface area contributed by atoms with E-state index in [1.54, 1.807) is 11.8 Å². The van der Waals surface area contributed by atoms with Gasteiger partial charge in [0.25, 0.3) is 0 Å². The molecule has 0 aliphatic rings. The molecule has 0 N–H and O–H groups in total. The van der Waals surface area contributed by atoms with Crippen molar-refractivity contribution in [3.05, 3.63) is 48.4 Å². The zero-order valence-electron chi connectivity index (χ0n) is 12.9. The first-order chi connectivity index (χ1) is 10.7. The summed E-state index contributed by atoms with van der Waals surface area (Å²) in [6.45, 7) is 3.94. The first-order valence-corrected chi connectivity index (χ1v) is 8.43. The molecule has 0 fully saturated rings. The molecule has 0 unspecified atom stereocenters. The molecule has 6 heteroatoms. The van der Waals surface area contributed by atoms with Crippen LogP contribution < -0.4 is 0 Å². The predicted molar refractivity (Wildman–Crippen MR) is 86.9 cm³/mol. The third kappa shape index (κ3) is 2.66. The minimum atomic E-state index is -0.00591. The molecule has 22 heavy (non-hydrogen) atoms. The van der Waals surface area contributed by atoms with E-state index in [1.807, 2.05) is 31.5 Å². The highest BCUT2D eigenvalue weighted by atomic mass is 32.2. The van der Waals surface area contributed by atoms with E-state index in [0.29, 0.717) is 11.7 Å². The number of thioether (sulfide) groups is 1. The van der Waals surface area contributed by atoms with E-state index in [1.165, 1.54) is 4.90 Å². The highest BCUT2D eigenvalue weighted by Crippen LogP contribution is 2.32. The first kappa shape index (κ1) is 14.8. The van der Waals surface area contributed by atoms with E-state index in [-0.39, 0.29) is 6.04 Å². The first-order valence-electron chi connectivity index (χ1n) is 7.21. The molecule has 114 valence electrons. The second-order valence-corrected chi connectivity index (χ2v) is 5.81. The van der Waals surface area contributed by atoms with Crippen molar-refractivity contribution in [1.82, 2.24) is 19.7 Å². The van der Waals surface area contributed by atoms with Crippen molar-refractivity contribution in [2.24, 2.45) is 0 Å². The summed E-state index contributed by atoms with van der Waals surface area (Å²) < 4.78 is 7.49. The zero-order chi connectivity index (χ0) is 15.5. The normalized spacial score (nSPS) is 12.5. The second-order valence-electron chi connectivity index (χ2n) is 4.96. The summed E-state index contributed by atoms with van der Waals surface area (Å²) in [5, 5.41) is 3.91. The highest BCUT2D eigenvalue weighted by molar-refractivity contribution is 7.98. The molecule has 1 aromatic carbocycles. The third-order valence-corrected chi connectivity index (χ3v) is 4.36. The fraction of sp³-hybridized carbons (Fsp3) is 0.312. The molecule has 0 saturated heterocycles. The quantitative estimate of drug-likeness (QED) is 0.667. The molecular weight excluding hydrogens is 296 g/mol. The summed E-state index contributed by atoms with van der Waals surface area (Å²) >= 11 is 1.72. The standard InChI is InChI=1S/C16H18N4OS/c1-4-13(16-18-11(2)19-21-16)20-10-9-17-15(20)12-7-5-6-8-14(12)22-3/h5-10,13H,4H2,1-3H3/t13-/m1/s1. The van der Waals surface area contributed by atoms with Gasteiger partial charge in [-0.2, -0.15) is 4.98 Å². The van der Waals surface area contributed by atoms with Gasteiger partial charge in [-0.1, -0.05) is 30.3 Å². The van der Waals surface area contributed by atoms with E-state index < -0.39 is 0 Å². The van der Waals surface area contributed by atoms with Gasteiger partial charge in [0, 0.05) is 22.9 Å². The topological polar surface area (TPSA) is 56.7 Å². The molecule has 0 spiro atoms. The van der Waals surface area contributed by atoms with Crippen molar-refractivity contribution in [3.8, 4) is 11.4 Å². The number of imidazole rings is 1. The van der Waals surface area contributed by atoms with Gasteiger partial charge >= 0.3 is 0 Å². The molecular formula is C16H18N4OS. The van der Waals surface area contributed by atoms with Crippen LogP contribution in [0.4, 0.5) is 0 Å². The van der Waals surface area contributed by atoms with Crippen molar-refractivity contribution in [2.45, 2.75) is 31.2 Å². The van der Waals surface area contributed by atoms with Gasteiger partial charge < -0.3 is 9.09 Å². The van der Waals surface area contributed by atoms with E-state index in [4.69, 9.17) is 4.52 Å². The Balaban J connectivity index is 2.08. The van der Waals surface area contributed by atoms with Crippen molar-refractivity contribution < 1.29 is 4.52 Å². The van der Waals surface area contributed by atoms with Crippen LogP contribution in [-0.2, 0) is 0 Å². The maximum Gasteiger partial charge on any atom is 0.249 e. The van der Waals surface area contributed by atoms with Crippen LogP contribution in [0.25, 0.3) is 11.4 Å². The van der Waals surface area contributed by atoms with Crippen molar-refractivity contribution in [2.75, 3.05) is 6.26 Å². The van der Waals surface area contributed by atoms with Crippen LogP contribution in [0.3, 0.4) is 0 Å². The van der Waals surface area contributed by atoms with E-state index in [0.717, 1.165) is 17.8 Å². The minimum Gasteiger partial charge on any atom is -0.337 e. The molecule has 5 nitrogen and oxygen atoms in total. The number of aryl methyl sites for hydroxylation is 1. The smallest absolute Gasteiger partial charge is 0.249 e. The number of hydrogen-bond donors (Lipinski definition) is 0. The van der Waals surface area contributed by atoms with E-state index in [9.17, 15) is 0 Å². The predicted octanol–water partition coefficient (Wildman–Crippen LogP) is 3.96. The van der Waals surface area contributed by atoms with Crippen LogP contribution >= 0.6 is 11.8 Å². The summed E-state index contributed by atoms with van der Waals surface area (Å²) in [5.41, 5.74) is 1.12.